The monoisotopic (exact) mass is 338 g/mol. The Morgan fingerprint density at radius 3 is 2.39 bits per heavy atom. The van der Waals surface area contributed by atoms with Gasteiger partial charge in [0.2, 0.25) is 15.8 Å². The number of sulfonamides is 1. The molecule has 122 valence electrons. The number of nitro benzene ring substituents is 1. The van der Waals surface area contributed by atoms with E-state index in [4.69, 9.17) is 0 Å². The van der Waals surface area contributed by atoms with Gasteiger partial charge < -0.3 is 0 Å². The second-order valence-corrected chi connectivity index (χ2v) is 6.73. The highest BCUT2D eigenvalue weighted by molar-refractivity contribution is 7.89. The van der Waals surface area contributed by atoms with Gasteiger partial charge >= 0.3 is 5.69 Å². The van der Waals surface area contributed by atoms with Crippen molar-refractivity contribution in [3.8, 4) is 0 Å². The topological polar surface area (TPSA) is 80.5 Å². The molecule has 0 heterocycles. The van der Waals surface area contributed by atoms with Crippen LogP contribution in [0.4, 0.5) is 10.1 Å². The van der Waals surface area contributed by atoms with E-state index in [1.165, 1.54) is 4.31 Å². The number of benzene rings is 2. The molecule has 2 rings (SSSR count). The van der Waals surface area contributed by atoms with Crippen molar-refractivity contribution in [1.82, 2.24) is 4.31 Å². The number of hydrogen-bond acceptors (Lipinski definition) is 4. The summed E-state index contributed by atoms with van der Waals surface area (Å²) in [5.74, 6) is -1.07. The summed E-state index contributed by atoms with van der Waals surface area (Å²) in [6.07, 6.45) is 0. The van der Waals surface area contributed by atoms with Crippen LogP contribution < -0.4 is 0 Å². The summed E-state index contributed by atoms with van der Waals surface area (Å²) < 4.78 is 39.8. The molecule has 2 aromatic carbocycles. The Kier molecular flexibility index (Phi) is 5.07. The van der Waals surface area contributed by atoms with Crippen molar-refractivity contribution >= 4 is 15.7 Å². The summed E-state index contributed by atoms with van der Waals surface area (Å²) in [5, 5.41) is 10.8. The number of nitro groups is 1. The fourth-order valence-corrected chi connectivity index (χ4v) is 3.55. The van der Waals surface area contributed by atoms with E-state index in [-0.39, 0.29) is 18.0 Å². The normalized spacial score (nSPS) is 11.6. The van der Waals surface area contributed by atoms with Crippen LogP contribution in [-0.4, -0.2) is 24.2 Å². The number of halogens is 1. The maximum atomic E-state index is 13.4. The molecule has 0 bridgehead atoms. The van der Waals surface area contributed by atoms with Gasteiger partial charge in [-0.05, 0) is 17.7 Å². The van der Waals surface area contributed by atoms with Gasteiger partial charge in [0.15, 0.2) is 0 Å². The summed E-state index contributed by atoms with van der Waals surface area (Å²) in [5.41, 5.74) is -0.0728. The molecule has 0 N–H and O–H groups in total. The highest BCUT2D eigenvalue weighted by Crippen LogP contribution is 2.24. The first-order valence-corrected chi connectivity index (χ1v) is 8.28. The lowest BCUT2D eigenvalue weighted by molar-refractivity contribution is -0.387. The zero-order chi connectivity index (χ0) is 17.0. The van der Waals surface area contributed by atoms with Crippen LogP contribution in [0.3, 0.4) is 0 Å². The van der Waals surface area contributed by atoms with Crippen molar-refractivity contribution in [2.24, 2.45) is 0 Å². The fraction of sp³-hybridized carbons (Fsp3) is 0.200. The molecular weight excluding hydrogens is 323 g/mol. The van der Waals surface area contributed by atoms with Crippen molar-refractivity contribution in [3.63, 3.8) is 0 Å². The smallest absolute Gasteiger partial charge is 0.258 e. The SMILES string of the molecule is CCN(Cc1ccccc1)S(=O)(=O)c1ccc(F)c([N+](=O)[O-])c1. The van der Waals surface area contributed by atoms with Gasteiger partial charge in [-0.3, -0.25) is 10.1 Å². The predicted octanol–water partition coefficient (Wildman–Crippen LogP) is 2.94. The van der Waals surface area contributed by atoms with E-state index in [1.807, 2.05) is 6.07 Å². The summed E-state index contributed by atoms with van der Waals surface area (Å²) >= 11 is 0. The standard InChI is InChI=1S/C15H15FN2O4S/c1-2-17(11-12-6-4-3-5-7-12)23(21,22)13-8-9-14(16)15(10-13)18(19)20/h3-10H,2,11H2,1H3. The van der Waals surface area contributed by atoms with Gasteiger partial charge in [0, 0.05) is 19.2 Å². The van der Waals surface area contributed by atoms with E-state index in [0.717, 1.165) is 23.8 Å². The molecule has 0 amide bonds. The summed E-state index contributed by atoms with van der Waals surface area (Å²) in [7, 11) is -3.96. The molecule has 0 atom stereocenters. The van der Waals surface area contributed by atoms with E-state index >= 15 is 0 Å². The molecular formula is C15H15FN2O4S. The van der Waals surface area contributed by atoms with E-state index in [2.05, 4.69) is 0 Å². The van der Waals surface area contributed by atoms with Gasteiger partial charge in [-0.1, -0.05) is 37.3 Å². The third-order valence-electron chi connectivity index (χ3n) is 3.31. The maximum Gasteiger partial charge on any atom is 0.306 e. The van der Waals surface area contributed by atoms with Crippen LogP contribution in [0.5, 0.6) is 0 Å². The van der Waals surface area contributed by atoms with Crippen LogP contribution in [0, 0.1) is 15.9 Å². The van der Waals surface area contributed by atoms with Crippen LogP contribution in [0.1, 0.15) is 12.5 Å². The number of rotatable bonds is 6. The van der Waals surface area contributed by atoms with Crippen molar-refractivity contribution in [3.05, 3.63) is 70.0 Å². The summed E-state index contributed by atoms with van der Waals surface area (Å²) in [6, 6.07) is 11.5. The van der Waals surface area contributed by atoms with Gasteiger partial charge in [-0.15, -0.1) is 0 Å². The predicted molar refractivity (Wildman–Crippen MR) is 82.8 cm³/mol. The molecule has 0 aliphatic heterocycles. The minimum Gasteiger partial charge on any atom is -0.258 e. The number of hydrogen-bond donors (Lipinski definition) is 0. The molecule has 0 spiro atoms. The molecule has 0 aliphatic rings. The van der Waals surface area contributed by atoms with E-state index < -0.39 is 26.5 Å². The van der Waals surface area contributed by atoms with Crippen molar-refractivity contribution < 1.29 is 17.7 Å². The van der Waals surface area contributed by atoms with Crippen LogP contribution in [0.15, 0.2) is 53.4 Å². The lowest BCUT2D eigenvalue weighted by atomic mass is 10.2. The Morgan fingerprint density at radius 1 is 1.17 bits per heavy atom. The fourth-order valence-electron chi connectivity index (χ4n) is 2.10. The summed E-state index contributed by atoms with van der Waals surface area (Å²) in [4.78, 5) is 9.54. The maximum absolute atomic E-state index is 13.4. The second kappa shape index (κ2) is 6.84. The second-order valence-electron chi connectivity index (χ2n) is 4.79. The van der Waals surface area contributed by atoms with Crippen molar-refractivity contribution in [2.45, 2.75) is 18.4 Å². The Hall–Kier alpha value is -2.32. The molecule has 0 radical (unpaired) electrons. The van der Waals surface area contributed by atoms with Gasteiger partial charge in [-0.2, -0.15) is 8.70 Å². The van der Waals surface area contributed by atoms with Crippen LogP contribution in [0.2, 0.25) is 0 Å². The highest BCUT2D eigenvalue weighted by atomic mass is 32.2. The van der Waals surface area contributed by atoms with E-state index in [9.17, 15) is 22.9 Å². The summed E-state index contributed by atoms with van der Waals surface area (Å²) in [6.45, 7) is 1.98. The largest absolute Gasteiger partial charge is 0.306 e. The van der Waals surface area contributed by atoms with Crippen LogP contribution >= 0.6 is 0 Å². The lowest BCUT2D eigenvalue weighted by Crippen LogP contribution is -2.30. The van der Waals surface area contributed by atoms with E-state index in [0.29, 0.717) is 0 Å². The first-order valence-electron chi connectivity index (χ1n) is 6.84. The molecule has 0 saturated heterocycles. The Balaban J connectivity index is 2.39. The van der Waals surface area contributed by atoms with Gasteiger partial charge in [0.25, 0.3) is 0 Å². The third kappa shape index (κ3) is 3.72. The van der Waals surface area contributed by atoms with E-state index in [1.54, 1.807) is 31.2 Å². The number of nitrogens with zero attached hydrogens (tertiary/aromatic N) is 2. The van der Waals surface area contributed by atoms with Crippen LogP contribution in [-0.2, 0) is 16.6 Å². The minimum absolute atomic E-state index is 0.130. The first kappa shape index (κ1) is 17.0. The molecule has 8 heteroatoms. The Labute approximate surface area is 133 Å². The molecule has 0 aliphatic carbocycles. The molecule has 6 nitrogen and oxygen atoms in total. The quantitative estimate of drug-likeness (QED) is 0.599. The van der Waals surface area contributed by atoms with Crippen LogP contribution in [0.25, 0.3) is 0 Å². The first-order chi connectivity index (χ1) is 10.9. The molecule has 2 aromatic rings. The zero-order valence-electron chi connectivity index (χ0n) is 12.3. The highest BCUT2D eigenvalue weighted by Gasteiger charge is 2.26. The average molecular weight is 338 g/mol. The Morgan fingerprint density at radius 2 is 1.83 bits per heavy atom. The lowest BCUT2D eigenvalue weighted by Gasteiger charge is -2.20. The molecule has 0 saturated carbocycles. The molecule has 23 heavy (non-hydrogen) atoms. The third-order valence-corrected chi connectivity index (χ3v) is 5.22. The molecule has 0 unspecified atom stereocenters. The molecule has 0 fully saturated rings. The minimum atomic E-state index is -3.96. The Bertz CT molecular complexity index is 809. The molecule has 0 aromatic heterocycles. The van der Waals surface area contributed by atoms with Gasteiger partial charge in [0.1, 0.15) is 0 Å². The van der Waals surface area contributed by atoms with Crippen molar-refractivity contribution in [2.75, 3.05) is 6.54 Å². The average Bonchev–Trinajstić information content (AvgIpc) is 2.53. The zero-order valence-corrected chi connectivity index (χ0v) is 13.2. The van der Waals surface area contributed by atoms with Crippen molar-refractivity contribution in [1.29, 1.82) is 0 Å². The van der Waals surface area contributed by atoms with Gasteiger partial charge in [0.05, 0.1) is 9.82 Å². The van der Waals surface area contributed by atoms with Gasteiger partial charge in [-0.25, -0.2) is 8.42 Å².